The molecule has 6 heteroatoms. The summed E-state index contributed by atoms with van der Waals surface area (Å²) in [5, 5.41) is 13.9. The molecule has 0 spiro atoms. The number of aryl methyl sites for hydroxylation is 1. The molecule has 0 aliphatic carbocycles. The molecule has 0 aliphatic heterocycles. The van der Waals surface area contributed by atoms with Crippen molar-refractivity contribution in [3.63, 3.8) is 0 Å². The molecule has 1 N–H and O–H groups in total. The van der Waals surface area contributed by atoms with Crippen molar-refractivity contribution < 1.29 is 9.84 Å². The van der Waals surface area contributed by atoms with Crippen LogP contribution < -0.4 is 4.74 Å². The van der Waals surface area contributed by atoms with Crippen molar-refractivity contribution in [3.8, 4) is 5.75 Å². The van der Waals surface area contributed by atoms with Gasteiger partial charge in [0.1, 0.15) is 18.7 Å². The summed E-state index contributed by atoms with van der Waals surface area (Å²) in [6.45, 7) is 1.98. The summed E-state index contributed by atoms with van der Waals surface area (Å²) in [6.07, 6.45) is 0.923. The quantitative estimate of drug-likeness (QED) is 0.922. The van der Waals surface area contributed by atoms with Crippen molar-refractivity contribution in [2.75, 3.05) is 0 Å². The van der Waals surface area contributed by atoms with Gasteiger partial charge in [-0.3, -0.25) is 4.68 Å². The highest BCUT2D eigenvalue weighted by Crippen LogP contribution is 2.28. The fourth-order valence-corrected chi connectivity index (χ4v) is 1.73. The molecule has 0 fully saturated rings. The fraction of sp³-hybridized carbons (Fsp3) is 0.333. The van der Waals surface area contributed by atoms with E-state index in [0.29, 0.717) is 23.2 Å². The average Bonchev–Trinajstić information content (AvgIpc) is 2.73. The van der Waals surface area contributed by atoms with Crippen molar-refractivity contribution in [2.45, 2.75) is 19.6 Å². The van der Waals surface area contributed by atoms with Gasteiger partial charge in [-0.25, -0.2) is 4.98 Å². The van der Waals surface area contributed by atoms with Gasteiger partial charge in [-0.1, -0.05) is 17.7 Å². The first-order valence-corrected chi connectivity index (χ1v) is 5.89. The Hall–Kier alpha value is -1.59. The lowest BCUT2D eigenvalue weighted by atomic mass is 10.1. The molecule has 96 valence electrons. The Balaban J connectivity index is 2.08. The van der Waals surface area contributed by atoms with E-state index in [1.165, 1.54) is 6.33 Å². The molecule has 2 rings (SSSR count). The lowest BCUT2D eigenvalue weighted by Crippen LogP contribution is -2.04. The van der Waals surface area contributed by atoms with Gasteiger partial charge in [-0.05, 0) is 24.6 Å². The summed E-state index contributed by atoms with van der Waals surface area (Å²) >= 11 is 6.07. The average molecular weight is 268 g/mol. The van der Waals surface area contributed by atoms with Gasteiger partial charge in [0.25, 0.3) is 0 Å². The zero-order valence-electron chi connectivity index (χ0n) is 10.2. The van der Waals surface area contributed by atoms with Crippen LogP contribution >= 0.6 is 11.6 Å². The summed E-state index contributed by atoms with van der Waals surface area (Å²) in [4.78, 5) is 4.05. The van der Waals surface area contributed by atoms with Crippen molar-refractivity contribution in [3.05, 3.63) is 40.9 Å². The Kier molecular flexibility index (Phi) is 3.84. The van der Waals surface area contributed by atoms with E-state index < -0.39 is 6.10 Å². The normalized spacial score (nSPS) is 12.4. The van der Waals surface area contributed by atoms with E-state index in [-0.39, 0.29) is 0 Å². The highest BCUT2D eigenvalue weighted by atomic mass is 35.5. The molecule has 1 heterocycles. The first kappa shape index (κ1) is 12.9. The lowest BCUT2D eigenvalue weighted by Gasteiger charge is -2.10. The minimum atomic E-state index is -0.546. The second-order valence-electron chi connectivity index (χ2n) is 3.95. The summed E-state index contributed by atoms with van der Waals surface area (Å²) in [7, 11) is 1.80. The number of hydrogen-bond acceptors (Lipinski definition) is 4. The Morgan fingerprint density at radius 3 is 2.83 bits per heavy atom. The van der Waals surface area contributed by atoms with E-state index in [9.17, 15) is 5.11 Å². The molecule has 0 saturated heterocycles. The summed E-state index contributed by atoms with van der Waals surface area (Å²) < 4.78 is 7.20. The Morgan fingerprint density at radius 2 is 2.28 bits per heavy atom. The van der Waals surface area contributed by atoms with E-state index in [0.717, 1.165) is 5.56 Å². The lowest BCUT2D eigenvalue weighted by molar-refractivity contribution is 0.199. The predicted octanol–water partition coefficient (Wildman–Crippen LogP) is 2.10. The zero-order chi connectivity index (χ0) is 13.1. The van der Waals surface area contributed by atoms with Crippen LogP contribution in [0.2, 0.25) is 5.02 Å². The van der Waals surface area contributed by atoms with Gasteiger partial charge in [-0.15, -0.1) is 0 Å². The van der Waals surface area contributed by atoms with Crippen molar-refractivity contribution in [2.24, 2.45) is 7.05 Å². The van der Waals surface area contributed by atoms with E-state index in [2.05, 4.69) is 10.1 Å². The monoisotopic (exact) mass is 267 g/mol. The molecule has 18 heavy (non-hydrogen) atoms. The summed E-state index contributed by atoms with van der Waals surface area (Å²) in [6, 6.07) is 5.21. The van der Waals surface area contributed by atoms with Gasteiger partial charge < -0.3 is 9.84 Å². The number of aromatic nitrogens is 3. The van der Waals surface area contributed by atoms with Crippen LogP contribution in [0.3, 0.4) is 0 Å². The maximum absolute atomic E-state index is 9.43. The van der Waals surface area contributed by atoms with Crippen LogP contribution in [0, 0.1) is 0 Å². The van der Waals surface area contributed by atoms with Crippen LogP contribution in [-0.2, 0) is 13.7 Å². The molecule has 2 aromatic rings. The number of nitrogens with zero attached hydrogens (tertiary/aromatic N) is 3. The van der Waals surface area contributed by atoms with Crippen LogP contribution in [0.5, 0.6) is 5.75 Å². The third-order valence-electron chi connectivity index (χ3n) is 2.60. The molecule has 0 unspecified atom stereocenters. The van der Waals surface area contributed by atoms with Crippen LogP contribution in [0.4, 0.5) is 0 Å². The van der Waals surface area contributed by atoms with E-state index >= 15 is 0 Å². The van der Waals surface area contributed by atoms with Crippen LogP contribution in [0.1, 0.15) is 24.4 Å². The number of benzene rings is 1. The van der Waals surface area contributed by atoms with Gasteiger partial charge in [0.15, 0.2) is 5.82 Å². The molecule has 1 aromatic carbocycles. The Labute approximate surface area is 110 Å². The van der Waals surface area contributed by atoms with Crippen LogP contribution in [-0.4, -0.2) is 19.9 Å². The maximum atomic E-state index is 9.43. The van der Waals surface area contributed by atoms with Gasteiger partial charge in [0.05, 0.1) is 11.1 Å². The first-order valence-electron chi connectivity index (χ1n) is 5.51. The molecule has 1 atom stereocenters. The maximum Gasteiger partial charge on any atom is 0.164 e. The van der Waals surface area contributed by atoms with Gasteiger partial charge in [0.2, 0.25) is 0 Å². The number of hydrogen-bond donors (Lipinski definition) is 1. The molecular formula is C12H14ClN3O2. The van der Waals surface area contributed by atoms with Crippen LogP contribution in [0.25, 0.3) is 0 Å². The van der Waals surface area contributed by atoms with Gasteiger partial charge >= 0.3 is 0 Å². The van der Waals surface area contributed by atoms with Crippen LogP contribution in [0.15, 0.2) is 24.5 Å². The Morgan fingerprint density at radius 1 is 1.50 bits per heavy atom. The fourth-order valence-electron chi connectivity index (χ4n) is 1.49. The number of aliphatic hydroxyl groups excluding tert-OH is 1. The smallest absolute Gasteiger partial charge is 0.164 e. The zero-order valence-corrected chi connectivity index (χ0v) is 10.9. The van der Waals surface area contributed by atoms with Crippen molar-refractivity contribution >= 4 is 11.6 Å². The van der Waals surface area contributed by atoms with Gasteiger partial charge in [-0.2, -0.15) is 5.10 Å². The highest BCUT2D eigenvalue weighted by molar-refractivity contribution is 6.32. The van der Waals surface area contributed by atoms with E-state index in [1.54, 1.807) is 36.9 Å². The number of rotatable bonds is 4. The van der Waals surface area contributed by atoms with E-state index in [1.807, 2.05) is 0 Å². The number of aliphatic hydroxyl groups is 1. The molecule has 0 aliphatic rings. The first-order chi connectivity index (χ1) is 8.58. The van der Waals surface area contributed by atoms with E-state index in [4.69, 9.17) is 16.3 Å². The minimum Gasteiger partial charge on any atom is -0.484 e. The van der Waals surface area contributed by atoms with Crippen molar-refractivity contribution in [1.29, 1.82) is 0 Å². The SMILES string of the molecule is C[C@H](O)c1ccc(OCc2ncnn2C)c(Cl)c1. The molecule has 0 amide bonds. The number of ether oxygens (including phenoxy) is 1. The number of halogens is 1. The molecule has 5 nitrogen and oxygen atoms in total. The molecule has 0 bridgehead atoms. The van der Waals surface area contributed by atoms with Crippen molar-refractivity contribution in [1.82, 2.24) is 14.8 Å². The largest absolute Gasteiger partial charge is 0.484 e. The second-order valence-corrected chi connectivity index (χ2v) is 4.36. The second kappa shape index (κ2) is 5.37. The molecule has 1 aromatic heterocycles. The van der Waals surface area contributed by atoms with Gasteiger partial charge in [0, 0.05) is 7.05 Å². The Bertz CT molecular complexity index is 540. The summed E-state index contributed by atoms with van der Waals surface area (Å²) in [5.41, 5.74) is 0.756. The predicted molar refractivity (Wildman–Crippen MR) is 67.4 cm³/mol. The third kappa shape index (κ3) is 2.80. The molecule has 0 radical (unpaired) electrons. The molecular weight excluding hydrogens is 254 g/mol. The highest BCUT2D eigenvalue weighted by Gasteiger charge is 2.08. The minimum absolute atomic E-state index is 0.296. The third-order valence-corrected chi connectivity index (χ3v) is 2.90. The topological polar surface area (TPSA) is 60.2 Å². The molecule has 0 saturated carbocycles. The summed E-state index contributed by atoms with van der Waals surface area (Å²) in [5.74, 6) is 1.27. The standard InChI is InChI=1S/C12H14ClN3O2/c1-8(17)9-3-4-11(10(13)5-9)18-6-12-14-7-15-16(12)2/h3-5,7-8,17H,6H2,1-2H3/t8-/m0/s1.